The average molecular weight is 448 g/mol. The number of para-hydroxylation sites is 1. The number of aromatic nitrogens is 2. The molecule has 0 unspecified atom stereocenters. The molecule has 1 heterocycles. The highest BCUT2D eigenvalue weighted by molar-refractivity contribution is 6.10. The maximum atomic E-state index is 12.8. The summed E-state index contributed by atoms with van der Waals surface area (Å²) < 4.78 is 1.92. The van der Waals surface area contributed by atoms with Gasteiger partial charge < -0.3 is 16.0 Å². The number of hydrogen-bond acceptors (Lipinski definition) is 4. The fraction of sp³-hybridized carbons (Fsp3) is 0.280. The number of anilines is 3. The van der Waals surface area contributed by atoms with Gasteiger partial charge >= 0.3 is 0 Å². The van der Waals surface area contributed by atoms with Gasteiger partial charge in [-0.05, 0) is 56.7 Å². The van der Waals surface area contributed by atoms with Crippen molar-refractivity contribution in [2.24, 2.45) is 0 Å². The molecule has 0 aliphatic carbocycles. The van der Waals surface area contributed by atoms with E-state index in [9.17, 15) is 14.4 Å². The van der Waals surface area contributed by atoms with E-state index in [0.717, 1.165) is 36.5 Å². The van der Waals surface area contributed by atoms with Crippen LogP contribution in [0.3, 0.4) is 0 Å². The number of aryl methyl sites for hydroxylation is 2. The first-order valence-electron chi connectivity index (χ1n) is 10.9. The summed E-state index contributed by atoms with van der Waals surface area (Å²) in [6, 6.07) is 13.4. The zero-order valence-electron chi connectivity index (χ0n) is 19.4. The molecule has 0 atom stereocenters. The number of hydrogen-bond donors (Lipinski definition) is 3. The second kappa shape index (κ2) is 10.6. The van der Waals surface area contributed by atoms with E-state index < -0.39 is 0 Å². The molecule has 3 amide bonds. The highest BCUT2D eigenvalue weighted by atomic mass is 16.2. The van der Waals surface area contributed by atoms with Crippen LogP contribution >= 0.6 is 0 Å². The van der Waals surface area contributed by atoms with Crippen molar-refractivity contribution in [3.8, 4) is 0 Å². The fourth-order valence-electron chi connectivity index (χ4n) is 3.47. The number of unbranched alkanes of at least 4 members (excludes halogenated alkanes) is 1. The summed E-state index contributed by atoms with van der Waals surface area (Å²) in [5.74, 6) is -0.862. The zero-order chi connectivity index (χ0) is 24.0. The van der Waals surface area contributed by atoms with Crippen LogP contribution in [0.2, 0.25) is 0 Å². The summed E-state index contributed by atoms with van der Waals surface area (Å²) in [7, 11) is 0. The van der Waals surface area contributed by atoms with Crippen molar-refractivity contribution in [2.75, 3.05) is 16.0 Å². The maximum Gasteiger partial charge on any atom is 0.257 e. The summed E-state index contributed by atoms with van der Waals surface area (Å²) in [6.45, 7) is 8.16. The van der Waals surface area contributed by atoms with E-state index in [1.54, 1.807) is 48.5 Å². The van der Waals surface area contributed by atoms with Gasteiger partial charge in [-0.15, -0.1) is 0 Å². The van der Waals surface area contributed by atoms with E-state index in [4.69, 9.17) is 0 Å². The molecule has 3 rings (SSSR count). The summed E-state index contributed by atoms with van der Waals surface area (Å²) >= 11 is 0. The van der Waals surface area contributed by atoms with Crippen LogP contribution in [0.25, 0.3) is 0 Å². The minimum atomic E-state index is -0.359. The monoisotopic (exact) mass is 447 g/mol. The molecule has 0 radical (unpaired) electrons. The van der Waals surface area contributed by atoms with E-state index in [1.165, 1.54) is 6.92 Å². The second-order valence-corrected chi connectivity index (χ2v) is 7.83. The van der Waals surface area contributed by atoms with Crippen LogP contribution in [0, 0.1) is 13.8 Å². The predicted molar refractivity (Wildman–Crippen MR) is 130 cm³/mol. The van der Waals surface area contributed by atoms with Crippen molar-refractivity contribution in [3.63, 3.8) is 0 Å². The van der Waals surface area contributed by atoms with Crippen molar-refractivity contribution in [2.45, 2.75) is 47.1 Å². The van der Waals surface area contributed by atoms with Crippen molar-refractivity contribution < 1.29 is 14.4 Å². The lowest BCUT2D eigenvalue weighted by molar-refractivity contribution is -0.114. The average Bonchev–Trinajstić information content (AvgIpc) is 3.05. The van der Waals surface area contributed by atoms with Gasteiger partial charge in [-0.3, -0.25) is 19.1 Å². The van der Waals surface area contributed by atoms with Crippen molar-refractivity contribution in [1.29, 1.82) is 0 Å². The van der Waals surface area contributed by atoms with E-state index in [-0.39, 0.29) is 17.7 Å². The molecule has 0 fully saturated rings. The fourth-order valence-corrected chi connectivity index (χ4v) is 3.47. The molecule has 1 aromatic heterocycles. The third-order valence-electron chi connectivity index (χ3n) is 5.23. The Bertz CT molecular complexity index is 1170. The van der Waals surface area contributed by atoms with Crippen molar-refractivity contribution in [1.82, 2.24) is 9.78 Å². The molecular formula is C25H29N5O3. The van der Waals surface area contributed by atoms with Gasteiger partial charge in [0.2, 0.25) is 5.91 Å². The standard InChI is InChI=1S/C25H29N5O3/c1-5-6-15-30-17(3)23(16(2)29-30)28-24(32)19-11-13-20(14-12-19)27-25(33)21-9-7-8-10-22(21)26-18(4)31/h7-14H,5-6,15H2,1-4H3,(H,26,31)(H,27,33)(H,28,32). The first-order chi connectivity index (χ1) is 15.8. The molecule has 0 saturated heterocycles. The van der Waals surface area contributed by atoms with Crippen LogP contribution in [-0.2, 0) is 11.3 Å². The van der Waals surface area contributed by atoms with Crippen molar-refractivity contribution >= 4 is 34.8 Å². The van der Waals surface area contributed by atoms with Gasteiger partial charge in [0.1, 0.15) is 0 Å². The highest BCUT2D eigenvalue weighted by Gasteiger charge is 2.16. The van der Waals surface area contributed by atoms with Gasteiger partial charge in [0.15, 0.2) is 0 Å². The molecule has 0 spiro atoms. The lowest BCUT2D eigenvalue weighted by Crippen LogP contribution is -2.17. The molecule has 3 aromatic rings. The van der Waals surface area contributed by atoms with Crippen molar-refractivity contribution in [3.05, 3.63) is 71.0 Å². The van der Waals surface area contributed by atoms with E-state index in [0.29, 0.717) is 22.5 Å². The number of carbonyl (C=O) groups is 3. The lowest BCUT2D eigenvalue weighted by Gasteiger charge is -2.11. The number of nitrogens with zero attached hydrogens (tertiary/aromatic N) is 2. The Hall–Kier alpha value is -3.94. The summed E-state index contributed by atoms with van der Waals surface area (Å²) in [5.41, 5.74) is 4.21. The van der Waals surface area contributed by atoms with Gasteiger partial charge in [-0.1, -0.05) is 25.5 Å². The Morgan fingerprint density at radius 1 is 0.909 bits per heavy atom. The van der Waals surface area contributed by atoms with Gasteiger partial charge in [-0.25, -0.2) is 0 Å². The predicted octanol–water partition coefficient (Wildman–Crippen LogP) is 4.76. The SMILES string of the molecule is CCCCn1nc(C)c(NC(=O)c2ccc(NC(=O)c3ccccc3NC(C)=O)cc2)c1C. The van der Waals surface area contributed by atoms with Gasteiger partial charge in [0.05, 0.1) is 28.3 Å². The van der Waals surface area contributed by atoms with Gasteiger partial charge in [0, 0.05) is 24.7 Å². The van der Waals surface area contributed by atoms with E-state index >= 15 is 0 Å². The molecule has 0 aliphatic rings. The highest BCUT2D eigenvalue weighted by Crippen LogP contribution is 2.22. The zero-order valence-corrected chi connectivity index (χ0v) is 19.4. The van der Waals surface area contributed by atoms with Gasteiger partial charge in [0.25, 0.3) is 11.8 Å². The lowest BCUT2D eigenvalue weighted by atomic mass is 10.1. The topological polar surface area (TPSA) is 105 Å². The molecule has 8 nitrogen and oxygen atoms in total. The minimum absolute atomic E-state index is 0.245. The van der Waals surface area contributed by atoms with Crippen LogP contribution < -0.4 is 16.0 Å². The largest absolute Gasteiger partial charge is 0.326 e. The molecule has 0 aliphatic heterocycles. The molecule has 172 valence electrons. The Morgan fingerprint density at radius 2 is 1.61 bits per heavy atom. The quantitative estimate of drug-likeness (QED) is 0.463. The minimum Gasteiger partial charge on any atom is -0.326 e. The molecule has 2 aromatic carbocycles. The number of rotatable bonds is 8. The Labute approximate surface area is 193 Å². The summed E-state index contributed by atoms with van der Waals surface area (Å²) in [5, 5.41) is 12.9. The Kier molecular flexibility index (Phi) is 7.61. The Balaban J connectivity index is 1.69. The third kappa shape index (κ3) is 5.85. The first-order valence-corrected chi connectivity index (χ1v) is 10.9. The normalized spacial score (nSPS) is 10.5. The van der Waals surface area contributed by atoms with Crippen LogP contribution in [0.5, 0.6) is 0 Å². The van der Waals surface area contributed by atoms with E-state index in [2.05, 4.69) is 28.0 Å². The summed E-state index contributed by atoms with van der Waals surface area (Å²) in [6.07, 6.45) is 2.10. The number of carbonyl (C=O) groups excluding carboxylic acids is 3. The molecular weight excluding hydrogens is 418 g/mol. The molecule has 3 N–H and O–H groups in total. The molecule has 8 heteroatoms. The molecule has 33 heavy (non-hydrogen) atoms. The van der Waals surface area contributed by atoms with Crippen LogP contribution in [-0.4, -0.2) is 27.5 Å². The first kappa shape index (κ1) is 23.7. The number of amides is 3. The van der Waals surface area contributed by atoms with Gasteiger partial charge in [-0.2, -0.15) is 5.10 Å². The smallest absolute Gasteiger partial charge is 0.257 e. The summed E-state index contributed by atoms with van der Waals surface area (Å²) in [4.78, 5) is 36.8. The molecule has 0 saturated carbocycles. The Morgan fingerprint density at radius 3 is 2.27 bits per heavy atom. The number of nitrogens with one attached hydrogen (secondary N) is 3. The number of benzene rings is 2. The van der Waals surface area contributed by atoms with Crippen LogP contribution in [0.1, 0.15) is 58.8 Å². The molecule has 0 bridgehead atoms. The second-order valence-electron chi connectivity index (χ2n) is 7.83. The van der Waals surface area contributed by atoms with Crippen LogP contribution in [0.15, 0.2) is 48.5 Å². The van der Waals surface area contributed by atoms with E-state index in [1.807, 2.05) is 18.5 Å². The maximum absolute atomic E-state index is 12.8. The third-order valence-corrected chi connectivity index (χ3v) is 5.23. The van der Waals surface area contributed by atoms with Crippen LogP contribution in [0.4, 0.5) is 17.1 Å².